The highest BCUT2D eigenvalue weighted by atomic mass is 16.2. The number of rotatable bonds is 5. The van der Waals surface area contributed by atoms with Gasteiger partial charge in [-0.05, 0) is 42.7 Å². The van der Waals surface area contributed by atoms with Crippen molar-refractivity contribution >= 4 is 11.8 Å². The van der Waals surface area contributed by atoms with Crippen molar-refractivity contribution in [1.82, 2.24) is 10.2 Å². The quantitative estimate of drug-likeness (QED) is 0.862. The lowest BCUT2D eigenvalue weighted by Crippen LogP contribution is -2.44. The van der Waals surface area contributed by atoms with Gasteiger partial charge in [0.15, 0.2) is 0 Å². The van der Waals surface area contributed by atoms with Gasteiger partial charge in [-0.15, -0.1) is 0 Å². The molecule has 0 bridgehead atoms. The van der Waals surface area contributed by atoms with Gasteiger partial charge in [-0.2, -0.15) is 0 Å². The normalized spacial score (nSPS) is 18.7. The highest BCUT2D eigenvalue weighted by Gasteiger charge is 2.30. The summed E-state index contributed by atoms with van der Waals surface area (Å²) < 4.78 is 0. The molecule has 2 fully saturated rings. The SMILES string of the molecule is NCc1ccccc1C1CCN(C(=O)CNC(=O)C2CC2)CC1. The van der Waals surface area contributed by atoms with Gasteiger partial charge in [0, 0.05) is 25.6 Å². The lowest BCUT2D eigenvalue weighted by Gasteiger charge is -2.33. The minimum Gasteiger partial charge on any atom is -0.347 e. The Labute approximate surface area is 137 Å². The summed E-state index contributed by atoms with van der Waals surface area (Å²) in [6.45, 7) is 2.20. The smallest absolute Gasteiger partial charge is 0.241 e. The lowest BCUT2D eigenvalue weighted by atomic mass is 9.86. The molecule has 1 aliphatic heterocycles. The molecule has 0 spiro atoms. The summed E-state index contributed by atoms with van der Waals surface area (Å²) in [6, 6.07) is 8.31. The number of carbonyl (C=O) groups excluding carboxylic acids is 2. The molecule has 3 N–H and O–H groups in total. The largest absolute Gasteiger partial charge is 0.347 e. The van der Waals surface area contributed by atoms with Crippen LogP contribution in [0.1, 0.15) is 42.7 Å². The van der Waals surface area contributed by atoms with E-state index >= 15 is 0 Å². The highest BCUT2D eigenvalue weighted by molar-refractivity contribution is 5.86. The topological polar surface area (TPSA) is 75.4 Å². The molecule has 1 saturated heterocycles. The standard InChI is InChI=1S/C18H25N3O2/c19-11-15-3-1-2-4-16(15)13-7-9-21(10-8-13)17(22)12-20-18(23)14-5-6-14/h1-4,13-14H,5-12,19H2,(H,20,23). The highest BCUT2D eigenvalue weighted by Crippen LogP contribution is 2.30. The van der Waals surface area contributed by atoms with E-state index in [1.165, 1.54) is 11.1 Å². The first-order chi connectivity index (χ1) is 11.2. The van der Waals surface area contributed by atoms with Crippen LogP contribution in [0.2, 0.25) is 0 Å². The Bertz CT molecular complexity index is 575. The van der Waals surface area contributed by atoms with Gasteiger partial charge >= 0.3 is 0 Å². The lowest BCUT2D eigenvalue weighted by molar-refractivity contribution is -0.134. The van der Waals surface area contributed by atoms with Crippen LogP contribution < -0.4 is 11.1 Å². The molecule has 0 radical (unpaired) electrons. The van der Waals surface area contributed by atoms with Gasteiger partial charge in [0.2, 0.25) is 11.8 Å². The Hall–Kier alpha value is -1.88. The third kappa shape index (κ3) is 3.91. The minimum atomic E-state index is 0.0320. The van der Waals surface area contributed by atoms with E-state index in [-0.39, 0.29) is 24.3 Å². The summed E-state index contributed by atoms with van der Waals surface area (Å²) in [7, 11) is 0. The Kier molecular flexibility index (Phi) is 4.96. The summed E-state index contributed by atoms with van der Waals surface area (Å²) in [6.07, 6.45) is 3.84. The molecule has 0 aromatic heterocycles. The van der Waals surface area contributed by atoms with Crippen LogP contribution in [-0.4, -0.2) is 36.3 Å². The molecule has 5 heteroatoms. The molecule has 1 aromatic carbocycles. The molecule has 1 saturated carbocycles. The molecule has 1 aliphatic carbocycles. The van der Waals surface area contributed by atoms with Crippen LogP contribution in [0.15, 0.2) is 24.3 Å². The molecule has 3 rings (SSSR count). The van der Waals surface area contributed by atoms with Crippen molar-refractivity contribution in [2.75, 3.05) is 19.6 Å². The molecule has 2 aliphatic rings. The first-order valence-corrected chi connectivity index (χ1v) is 8.52. The van der Waals surface area contributed by atoms with Crippen molar-refractivity contribution in [1.29, 1.82) is 0 Å². The van der Waals surface area contributed by atoms with E-state index in [9.17, 15) is 9.59 Å². The van der Waals surface area contributed by atoms with Crippen LogP contribution in [0.4, 0.5) is 0 Å². The second kappa shape index (κ2) is 7.13. The average Bonchev–Trinajstić information content (AvgIpc) is 3.44. The predicted octanol–water partition coefficient (Wildman–Crippen LogP) is 1.38. The number of hydrogen-bond donors (Lipinski definition) is 2. The molecule has 0 unspecified atom stereocenters. The Morgan fingerprint density at radius 1 is 1.13 bits per heavy atom. The van der Waals surface area contributed by atoms with Gasteiger partial charge in [-0.1, -0.05) is 24.3 Å². The fourth-order valence-electron chi connectivity index (χ4n) is 3.32. The maximum Gasteiger partial charge on any atom is 0.241 e. The molecular weight excluding hydrogens is 290 g/mol. The maximum absolute atomic E-state index is 12.2. The maximum atomic E-state index is 12.2. The van der Waals surface area contributed by atoms with E-state index in [0.29, 0.717) is 12.5 Å². The third-order valence-electron chi connectivity index (χ3n) is 4.92. The van der Waals surface area contributed by atoms with Crippen molar-refractivity contribution < 1.29 is 9.59 Å². The van der Waals surface area contributed by atoms with Crippen LogP contribution in [0.5, 0.6) is 0 Å². The molecule has 124 valence electrons. The van der Waals surface area contributed by atoms with E-state index < -0.39 is 0 Å². The van der Waals surface area contributed by atoms with E-state index in [1.54, 1.807) is 0 Å². The molecule has 1 aromatic rings. The van der Waals surface area contributed by atoms with Gasteiger partial charge in [-0.25, -0.2) is 0 Å². The van der Waals surface area contributed by atoms with Crippen LogP contribution in [0, 0.1) is 5.92 Å². The average molecular weight is 315 g/mol. The molecule has 23 heavy (non-hydrogen) atoms. The Morgan fingerprint density at radius 3 is 2.48 bits per heavy atom. The number of amides is 2. The molecule has 0 atom stereocenters. The van der Waals surface area contributed by atoms with Crippen LogP contribution in [0.25, 0.3) is 0 Å². The molecular formula is C18H25N3O2. The number of likely N-dealkylation sites (tertiary alicyclic amines) is 1. The zero-order chi connectivity index (χ0) is 16.2. The van der Waals surface area contributed by atoms with Gasteiger partial charge in [0.05, 0.1) is 6.54 Å². The first kappa shape index (κ1) is 16.0. The van der Waals surface area contributed by atoms with Crippen LogP contribution in [0.3, 0.4) is 0 Å². The number of piperidine rings is 1. The zero-order valence-electron chi connectivity index (χ0n) is 13.5. The fourth-order valence-corrected chi connectivity index (χ4v) is 3.32. The monoisotopic (exact) mass is 315 g/mol. The van der Waals surface area contributed by atoms with E-state index in [2.05, 4.69) is 23.5 Å². The van der Waals surface area contributed by atoms with Crippen LogP contribution >= 0.6 is 0 Å². The molecule has 5 nitrogen and oxygen atoms in total. The summed E-state index contributed by atoms with van der Waals surface area (Å²) in [5, 5.41) is 2.76. The third-order valence-corrected chi connectivity index (χ3v) is 4.92. The van der Waals surface area contributed by atoms with Gasteiger partial charge in [-0.3, -0.25) is 9.59 Å². The van der Waals surface area contributed by atoms with Crippen LogP contribution in [-0.2, 0) is 16.1 Å². The van der Waals surface area contributed by atoms with Crippen molar-refractivity contribution in [2.45, 2.75) is 38.1 Å². The number of nitrogens with one attached hydrogen (secondary N) is 1. The Morgan fingerprint density at radius 2 is 1.83 bits per heavy atom. The Balaban J connectivity index is 1.49. The summed E-state index contributed by atoms with van der Waals surface area (Å²) in [4.78, 5) is 25.7. The van der Waals surface area contributed by atoms with E-state index in [4.69, 9.17) is 5.73 Å². The second-order valence-corrected chi connectivity index (χ2v) is 6.55. The minimum absolute atomic E-state index is 0.0320. The van der Waals surface area contributed by atoms with E-state index in [1.807, 2.05) is 11.0 Å². The number of carbonyl (C=O) groups is 2. The summed E-state index contributed by atoms with van der Waals surface area (Å²) in [5.74, 6) is 0.691. The van der Waals surface area contributed by atoms with Gasteiger partial charge < -0.3 is 16.0 Å². The molecule has 1 heterocycles. The van der Waals surface area contributed by atoms with Crippen molar-refractivity contribution in [3.05, 3.63) is 35.4 Å². The van der Waals surface area contributed by atoms with Crippen molar-refractivity contribution in [2.24, 2.45) is 11.7 Å². The van der Waals surface area contributed by atoms with Gasteiger partial charge in [0.1, 0.15) is 0 Å². The van der Waals surface area contributed by atoms with Crippen molar-refractivity contribution in [3.8, 4) is 0 Å². The van der Waals surface area contributed by atoms with Crippen molar-refractivity contribution in [3.63, 3.8) is 0 Å². The summed E-state index contributed by atoms with van der Waals surface area (Å²) >= 11 is 0. The predicted molar refractivity (Wildman–Crippen MR) is 88.6 cm³/mol. The number of benzene rings is 1. The second-order valence-electron chi connectivity index (χ2n) is 6.55. The number of nitrogens with two attached hydrogens (primary N) is 1. The number of nitrogens with zero attached hydrogens (tertiary/aromatic N) is 1. The zero-order valence-corrected chi connectivity index (χ0v) is 13.5. The summed E-state index contributed by atoms with van der Waals surface area (Å²) in [5.41, 5.74) is 8.35. The molecule has 2 amide bonds. The first-order valence-electron chi connectivity index (χ1n) is 8.52. The van der Waals surface area contributed by atoms with E-state index in [0.717, 1.165) is 38.8 Å². The number of hydrogen-bond acceptors (Lipinski definition) is 3. The fraction of sp³-hybridized carbons (Fsp3) is 0.556. The van der Waals surface area contributed by atoms with Gasteiger partial charge in [0.25, 0.3) is 0 Å².